The van der Waals surface area contributed by atoms with Crippen LogP contribution >= 0.6 is 15.6 Å². The predicted octanol–water partition coefficient (Wildman–Crippen LogP) is 22.1. The summed E-state index contributed by atoms with van der Waals surface area (Å²) in [5.41, 5.74) is 0. The van der Waals surface area contributed by atoms with Crippen molar-refractivity contribution in [2.24, 2.45) is 17.8 Å². The molecule has 0 amide bonds. The third-order valence-electron chi connectivity index (χ3n) is 17.6. The fraction of sp³-hybridized carbons (Fsp3) is 0.896. The van der Waals surface area contributed by atoms with Crippen LogP contribution in [0.15, 0.2) is 24.3 Å². The molecule has 0 rings (SSSR count). The molecule has 566 valence electrons. The highest BCUT2D eigenvalue weighted by molar-refractivity contribution is 7.47. The second kappa shape index (κ2) is 67.1. The first kappa shape index (κ1) is 93.5. The zero-order valence-corrected chi connectivity index (χ0v) is 64.1. The zero-order valence-electron chi connectivity index (χ0n) is 62.3. The van der Waals surface area contributed by atoms with Crippen LogP contribution in [0, 0.1) is 17.8 Å². The van der Waals surface area contributed by atoms with Crippen LogP contribution < -0.4 is 0 Å². The number of phosphoric acid groups is 2. The van der Waals surface area contributed by atoms with Crippen LogP contribution in [-0.4, -0.2) is 96.7 Å². The second-order valence-corrected chi connectivity index (χ2v) is 31.2. The van der Waals surface area contributed by atoms with Gasteiger partial charge >= 0.3 is 39.5 Å². The van der Waals surface area contributed by atoms with Gasteiger partial charge in [0.15, 0.2) is 12.2 Å². The van der Waals surface area contributed by atoms with E-state index in [2.05, 4.69) is 72.8 Å². The van der Waals surface area contributed by atoms with E-state index in [9.17, 15) is 43.2 Å². The van der Waals surface area contributed by atoms with Crippen molar-refractivity contribution in [2.45, 2.75) is 388 Å². The summed E-state index contributed by atoms with van der Waals surface area (Å²) in [6.07, 6.45) is 56.5. The Hall–Kier alpha value is -2.46. The topological polar surface area (TPSA) is 237 Å². The Bertz CT molecular complexity index is 1970. The van der Waals surface area contributed by atoms with Crippen LogP contribution in [0.4, 0.5) is 0 Å². The van der Waals surface area contributed by atoms with Crippen LogP contribution in [-0.2, 0) is 65.4 Å². The van der Waals surface area contributed by atoms with Gasteiger partial charge in [0.1, 0.15) is 19.3 Å². The number of phosphoric ester groups is 2. The molecular formula is C77H146O17P2. The minimum absolute atomic E-state index is 0.0838. The molecule has 0 aromatic carbocycles. The Morgan fingerprint density at radius 1 is 0.344 bits per heavy atom. The lowest BCUT2D eigenvalue weighted by Crippen LogP contribution is -2.30. The summed E-state index contributed by atoms with van der Waals surface area (Å²) in [4.78, 5) is 72.7. The number of esters is 4. The molecule has 3 unspecified atom stereocenters. The summed E-state index contributed by atoms with van der Waals surface area (Å²) in [6, 6.07) is 0. The molecule has 0 radical (unpaired) electrons. The molecule has 0 saturated heterocycles. The normalized spacial score (nSPS) is 14.5. The summed E-state index contributed by atoms with van der Waals surface area (Å²) in [5.74, 6) is 0.0989. The number of aliphatic hydroxyl groups excluding tert-OH is 1. The lowest BCUT2D eigenvalue weighted by atomic mass is 10.00. The van der Waals surface area contributed by atoms with E-state index in [1.165, 1.54) is 154 Å². The average molecular weight is 1410 g/mol. The van der Waals surface area contributed by atoms with E-state index in [0.717, 1.165) is 127 Å². The highest BCUT2D eigenvalue weighted by Gasteiger charge is 2.30. The summed E-state index contributed by atoms with van der Waals surface area (Å²) >= 11 is 0. The number of ether oxygens (including phenoxy) is 4. The molecular weight excluding hydrogens is 1260 g/mol. The smallest absolute Gasteiger partial charge is 0.462 e. The summed E-state index contributed by atoms with van der Waals surface area (Å²) < 4.78 is 68.4. The maximum atomic E-state index is 13.1. The minimum Gasteiger partial charge on any atom is -0.462 e. The van der Waals surface area contributed by atoms with Crippen molar-refractivity contribution in [3.8, 4) is 0 Å². The molecule has 0 aliphatic carbocycles. The second-order valence-electron chi connectivity index (χ2n) is 28.3. The minimum atomic E-state index is -4.96. The fourth-order valence-electron chi connectivity index (χ4n) is 11.2. The lowest BCUT2D eigenvalue weighted by Gasteiger charge is -2.21. The van der Waals surface area contributed by atoms with E-state index in [1.807, 2.05) is 0 Å². The van der Waals surface area contributed by atoms with E-state index >= 15 is 0 Å². The molecule has 0 bridgehead atoms. The molecule has 17 nitrogen and oxygen atoms in total. The number of carbonyl (C=O) groups is 4. The first-order valence-corrected chi connectivity index (χ1v) is 42.2. The van der Waals surface area contributed by atoms with Gasteiger partial charge in [-0.05, 0) is 69.1 Å². The van der Waals surface area contributed by atoms with E-state index in [0.29, 0.717) is 31.6 Å². The van der Waals surface area contributed by atoms with Gasteiger partial charge in [-0.15, -0.1) is 0 Å². The molecule has 0 aromatic heterocycles. The largest absolute Gasteiger partial charge is 0.472 e. The van der Waals surface area contributed by atoms with Crippen LogP contribution in [0.1, 0.15) is 370 Å². The predicted molar refractivity (Wildman–Crippen MR) is 390 cm³/mol. The van der Waals surface area contributed by atoms with Crippen molar-refractivity contribution in [2.75, 3.05) is 39.6 Å². The molecule has 0 aliphatic heterocycles. The van der Waals surface area contributed by atoms with E-state index in [1.54, 1.807) is 0 Å². The van der Waals surface area contributed by atoms with Crippen molar-refractivity contribution in [3.63, 3.8) is 0 Å². The molecule has 19 heteroatoms. The SMILES string of the molecule is CCCCCC/C=C\C=C/CCCCCCCC(=O)O[C@H](COC(=O)CCCCCCCCC(C)CC)COP(=O)(O)OC[C@H](O)COP(=O)(O)OC[C@@H](COC(=O)CCCCCCCCCC(C)C)OC(=O)CCCCCCCCCCCCCCCCCCCCC(C)C. The third kappa shape index (κ3) is 68.7. The quantitative estimate of drug-likeness (QED) is 0.0169. The van der Waals surface area contributed by atoms with Gasteiger partial charge in [0.05, 0.1) is 26.4 Å². The van der Waals surface area contributed by atoms with E-state index < -0.39 is 97.5 Å². The van der Waals surface area contributed by atoms with Gasteiger partial charge in [0.2, 0.25) is 0 Å². The number of aliphatic hydroxyl groups is 1. The molecule has 0 aliphatic rings. The molecule has 0 spiro atoms. The Kier molecular flexibility index (Phi) is 65.3. The van der Waals surface area contributed by atoms with Gasteiger partial charge in [-0.3, -0.25) is 37.3 Å². The third-order valence-corrected chi connectivity index (χ3v) is 19.5. The monoisotopic (exact) mass is 1410 g/mol. The molecule has 0 fully saturated rings. The number of rotatable bonds is 73. The fourth-order valence-corrected chi connectivity index (χ4v) is 12.8. The first-order chi connectivity index (χ1) is 46.3. The standard InChI is InChI=1S/C77H146O17P2/c1-8-10-11-12-13-14-15-16-21-25-28-31-36-46-53-61-77(82)94-73(65-88-75(80)59-52-45-40-39-43-50-57-70(7)9-2)67-92-96(85,86)90-63-71(78)62-89-95(83,84)91-66-72(64-87-74(79)58-51-44-38-33-35-42-49-56-69(5)6)93-76(81)60-54-47-37-32-29-26-23-20-18-17-19-22-24-27-30-34-41-48-55-68(3)4/h14-16,21,68-73,78H,8-13,17-20,22-67H2,1-7H3,(H,83,84)(H,85,86)/b15-14-,21-16-/t70?,71-,72-,73-/m1/s1. The van der Waals surface area contributed by atoms with Gasteiger partial charge in [-0.2, -0.15) is 0 Å². The van der Waals surface area contributed by atoms with Crippen molar-refractivity contribution in [1.82, 2.24) is 0 Å². The van der Waals surface area contributed by atoms with Crippen LogP contribution in [0.25, 0.3) is 0 Å². The van der Waals surface area contributed by atoms with Crippen molar-refractivity contribution >= 4 is 39.5 Å². The molecule has 0 aromatic rings. The van der Waals surface area contributed by atoms with Crippen LogP contribution in [0.3, 0.4) is 0 Å². The Labute approximate surface area is 586 Å². The molecule has 0 heterocycles. The zero-order chi connectivity index (χ0) is 70.9. The number of hydrogen-bond acceptors (Lipinski definition) is 15. The summed E-state index contributed by atoms with van der Waals surface area (Å²) in [6.45, 7) is 11.8. The average Bonchev–Trinajstić information content (AvgIpc) is 2.16. The summed E-state index contributed by atoms with van der Waals surface area (Å²) in [5, 5.41) is 10.6. The van der Waals surface area contributed by atoms with Crippen molar-refractivity contribution < 1.29 is 80.2 Å². The maximum absolute atomic E-state index is 13.1. The maximum Gasteiger partial charge on any atom is 0.472 e. The van der Waals surface area contributed by atoms with E-state index in [4.69, 9.17) is 37.0 Å². The summed E-state index contributed by atoms with van der Waals surface area (Å²) in [7, 11) is -9.92. The first-order valence-electron chi connectivity index (χ1n) is 39.2. The van der Waals surface area contributed by atoms with Crippen molar-refractivity contribution in [1.29, 1.82) is 0 Å². The highest BCUT2D eigenvalue weighted by atomic mass is 31.2. The number of carbonyl (C=O) groups excluding carboxylic acids is 4. The van der Waals surface area contributed by atoms with Gasteiger partial charge in [0.25, 0.3) is 0 Å². The number of unbranched alkanes of at least 4 members (excludes halogenated alkanes) is 37. The van der Waals surface area contributed by atoms with Gasteiger partial charge < -0.3 is 33.8 Å². The van der Waals surface area contributed by atoms with Gasteiger partial charge in [0, 0.05) is 25.7 Å². The van der Waals surface area contributed by atoms with Crippen LogP contribution in [0.5, 0.6) is 0 Å². The molecule has 6 atom stereocenters. The molecule has 3 N–H and O–H groups in total. The van der Waals surface area contributed by atoms with Gasteiger partial charge in [-0.25, -0.2) is 9.13 Å². The number of allylic oxidation sites excluding steroid dienone is 4. The Morgan fingerprint density at radius 3 is 0.927 bits per heavy atom. The highest BCUT2D eigenvalue weighted by Crippen LogP contribution is 2.45. The molecule has 0 saturated carbocycles. The van der Waals surface area contributed by atoms with Crippen molar-refractivity contribution in [3.05, 3.63) is 24.3 Å². The Morgan fingerprint density at radius 2 is 0.615 bits per heavy atom. The molecule has 96 heavy (non-hydrogen) atoms. The van der Waals surface area contributed by atoms with E-state index in [-0.39, 0.29) is 25.7 Å². The number of hydrogen-bond donors (Lipinski definition) is 3. The lowest BCUT2D eigenvalue weighted by molar-refractivity contribution is -0.161. The van der Waals surface area contributed by atoms with Crippen LogP contribution in [0.2, 0.25) is 0 Å². The van der Waals surface area contributed by atoms with Gasteiger partial charge in [-0.1, -0.05) is 317 Å². The Balaban J connectivity index is 5.21.